The molecule has 28 heavy (non-hydrogen) atoms. The number of nitro groups is 1. The van der Waals surface area contributed by atoms with Crippen LogP contribution in [-0.4, -0.2) is 29.3 Å². The number of amides is 1. The van der Waals surface area contributed by atoms with E-state index in [1.54, 1.807) is 26.0 Å². The highest BCUT2D eigenvalue weighted by Crippen LogP contribution is 2.33. The molecule has 0 aliphatic rings. The number of carbonyl (C=O) groups excluding carboxylic acids is 1. The van der Waals surface area contributed by atoms with E-state index in [0.717, 1.165) is 0 Å². The van der Waals surface area contributed by atoms with Crippen molar-refractivity contribution in [1.82, 2.24) is 5.43 Å². The number of furan rings is 1. The third-order valence-electron chi connectivity index (χ3n) is 4.11. The summed E-state index contributed by atoms with van der Waals surface area (Å²) in [6, 6.07) is 7.35. The van der Waals surface area contributed by atoms with Gasteiger partial charge in [-0.15, -0.1) is 0 Å². The number of hydrogen-bond acceptors (Lipinski definition) is 7. The SMILES string of the molecule is COc1cc([N+](=O)[O-])cc2cc(C(=O)NN=Cc3cc(C)c(O)c(C)c3)oc12. The third kappa shape index (κ3) is 3.63. The van der Waals surface area contributed by atoms with Crippen LogP contribution in [0.5, 0.6) is 11.5 Å². The van der Waals surface area contributed by atoms with Crippen molar-refractivity contribution in [2.75, 3.05) is 7.11 Å². The summed E-state index contributed by atoms with van der Waals surface area (Å²) in [5, 5.41) is 25.0. The average molecular weight is 383 g/mol. The van der Waals surface area contributed by atoms with E-state index in [9.17, 15) is 20.0 Å². The van der Waals surface area contributed by atoms with Gasteiger partial charge in [-0.2, -0.15) is 5.10 Å². The molecule has 2 aromatic carbocycles. The van der Waals surface area contributed by atoms with Gasteiger partial charge in [-0.3, -0.25) is 14.9 Å². The number of carbonyl (C=O) groups is 1. The van der Waals surface area contributed by atoms with Crippen LogP contribution in [0.25, 0.3) is 11.0 Å². The molecular formula is C19H17N3O6. The van der Waals surface area contributed by atoms with Crippen molar-refractivity contribution >= 4 is 28.8 Å². The van der Waals surface area contributed by atoms with E-state index in [2.05, 4.69) is 10.5 Å². The molecular weight excluding hydrogens is 366 g/mol. The van der Waals surface area contributed by atoms with Crippen molar-refractivity contribution in [3.8, 4) is 11.5 Å². The number of ether oxygens (including phenoxy) is 1. The second kappa shape index (κ2) is 7.39. The molecule has 1 aromatic heterocycles. The zero-order chi connectivity index (χ0) is 20.4. The molecule has 0 atom stereocenters. The monoisotopic (exact) mass is 383 g/mol. The highest BCUT2D eigenvalue weighted by Gasteiger charge is 2.19. The van der Waals surface area contributed by atoms with Gasteiger partial charge in [-0.05, 0) is 48.7 Å². The Bertz CT molecular complexity index is 1090. The maximum absolute atomic E-state index is 12.3. The standard InChI is InChI=1S/C19H17N3O6/c1-10-4-12(5-11(2)17(10)23)9-20-21-19(24)16-7-13-6-14(22(25)26)8-15(27-3)18(13)28-16/h4-9,23H,1-3H3,(H,21,24). The molecule has 0 aliphatic heterocycles. The molecule has 0 radical (unpaired) electrons. The van der Waals surface area contributed by atoms with E-state index in [1.807, 2.05) is 0 Å². The highest BCUT2D eigenvalue weighted by atomic mass is 16.6. The Kier molecular flexibility index (Phi) is 4.99. The van der Waals surface area contributed by atoms with Crippen molar-refractivity contribution in [2.24, 2.45) is 5.10 Å². The highest BCUT2D eigenvalue weighted by molar-refractivity contribution is 5.98. The van der Waals surface area contributed by atoms with E-state index in [1.165, 1.54) is 31.5 Å². The smallest absolute Gasteiger partial charge is 0.307 e. The minimum atomic E-state index is -0.621. The molecule has 9 heteroatoms. The van der Waals surface area contributed by atoms with Gasteiger partial charge in [0.2, 0.25) is 0 Å². The maximum atomic E-state index is 12.3. The van der Waals surface area contributed by atoms with E-state index in [-0.39, 0.29) is 28.5 Å². The largest absolute Gasteiger partial charge is 0.507 e. The molecule has 0 aliphatic carbocycles. The van der Waals surface area contributed by atoms with Gasteiger partial charge in [0.1, 0.15) is 5.75 Å². The minimum absolute atomic E-state index is 0.0657. The fourth-order valence-electron chi connectivity index (χ4n) is 2.76. The summed E-state index contributed by atoms with van der Waals surface area (Å²) in [6.45, 7) is 3.53. The first-order valence-corrected chi connectivity index (χ1v) is 8.19. The lowest BCUT2D eigenvalue weighted by Crippen LogP contribution is -2.16. The molecule has 144 valence electrons. The van der Waals surface area contributed by atoms with E-state index >= 15 is 0 Å². The summed E-state index contributed by atoms with van der Waals surface area (Å²) in [5.74, 6) is -0.318. The second-order valence-electron chi connectivity index (χ2n) is 6.14. The van der Waals surface area contributed by atoms with Gasteiger partial charge >= 0.3 is 5.91 Å². The van der Waals surface area contributed by atoms with Crippen molar-refractivity contribution in [3.63, 3.8) is 0 Å². The molecule has 0 saturated heterocycles. The van der Waals surface area contributed by atoms with Gasteiger partial charge in [-0.25, -0.2) is 5.43 Å². The van der Waals surface area contributed by atoms with Crippen LogP contribution in [0.15, 0.2) is 39.9 Å². The van der Waals surface area contributed by atoms with Crippen LogP contribution in [0.3, 0.4) is 0 Å². The normalized spacial score (nSPS) is 11.1. The van der Waals surface area contributed by atoms with Gasteiger partial charge in [0.15, 0.2) is 17.1 Å². The number of benzene rings is 2. The first-order valence-electron chi connectivity index (χ1n) is 8.19. The van der Waals surface area contributed by atoms with Crippen LogP contribution < -0.4 is 10.2 Å². The molecule has 9 nitrogen and oxygen atoms in total. The zero-order valence-corrected chi connectivity index (χ0v) is 15.3. The number of non-ortho nitro benzene ring substituents is 1. The predicted octanol–water partition coefficient (Wildman–Crippen LogP) is 3.44. The lowest BCUT2D eigenvalue weighted by molar-refractivity contribution is -0.384. The summed E-state index contributed by atoms with van der Waals surface area (Å²) in [5.41, 5.74) is 4.48. The number of methoxy groups -OCH3 is 1. The van der Waals surface area contributed by atoms with Crippen LogP contribution in [0.4, 0.5) is 5.69 Å². The molecule has 0 spiro atoms. The number of fused-ring (bicyclic) bond motifs is 1. The molecule has 3 rings (SSSR count). The number of nitrogens with zero attached hydrogens (tertiary/aromatic N) is 2. The Hall–Kier alpha value is -3.88. The molecule has 3 aromatic rings. The van der Waals surface area contributed by atoms with E-state index in [0.29, 0.717) is 22.1 Å². The van der Waals surface area contributed by atoms with Crippen LogP contribution in [0.2, 0.25) is 0 Å². The lowest BCUT2D eigenvalue weighted by Gasteiger charge is -2.04. The summed E-state index contributed by atoms with van der Waals surface area (Å²) in [6.07, 6.45) is 1.44. The summed E-state index contributed by atoms with van der Waals surface area (Å²) < 4.78 is 10.6. The lowest BCUT2D eigenvalue weighted by atomic mass is 10.1. The third-order valence-corrected chi connectivity index (χ3v) is 4.11. The second-order valence-corrected chi connectivity index (χ2v) is 6.14. The van der Waals surface area contributed by atoms with Crippen LogP contribution in [0, 0.1) is 24.0 Å². The molecule has 0 unspecified atom stereocenters. The molecule has 1 amide bonds. The Morgan fingerprint density at radius 3 is 2.54 bits per heavy atom. The number of aryl methyl sites for hydroxylation is 2. The number of hydrazone groups is 1. The maximum Gasteiger partial charge on any atom is 0.307 e. The Labute approximate surface area is 159 Å². The van der Waals surface area contributed by atoms with Crippen molar-refractivity contribution in [3.05, 3.63) is 62.9 Å². The van der Waals surface area contributed by atoms with Gasteiger partial charge in [0.25, 0.3) is 5.69 Å². The number of nitro benzene ring substituents is 1. The van der Waals surface area contributed by atoms with Gasteiger partial charge < -0.3 is 14.3 Å². The number of nitrogens with one attached hydrogen (secondary N) is 1. The first kappa shape index (κ1) is 18.9. The summed E-state index contributed by atoms with van der Waals surface area (Å²) >= 11 is 0. The fourth-order valence-corrected chi connectivity index (χ4v) is 2.76. The van der Waals surface area contributed by atoms with Gasteiger partial charge in [0.05, 0.1) is 24.3 Å². The molecule has 2 N–H and O–H groups in total. The summed E-state index contributed by atoms with van der Waals surface area (Å²) in [4.78, 5) is 22.7. The molecule has 0 saturated carbocycles. The van der Waals surface area contributed by atoms with E-state index < -0.39 is 10.8 Å². The van der Waals surface area contributed by atoms with Crippen LogP contribution in [0.1, 0.15) is 27.2 Å². The van der Waals surface area contributed by atoms with Crippen molar-refractivity contribution in [1.29, 1.82) is 0 Å². The number of phenols is 1. The van der Waals surface area contributed by atoms with Crippen LogP contribution >= 0.6 is 0 Å². The van der Waals surface area contributed by atoms with Gasteiger partial charge in [-0.1, -0.05) is 0 Å². The average Bonchev–Trinajstić information content (AvgIpc) is 3.09. The zero-order valence-electron chi connectivity index (χ0n) is 15.3. The molecule has 1 heterocycles. The number of aromatic hydroxyl groups is 1. The number of rotatable bonds is 5. The Balaban J connectivity index is 1.83. The minimum Gasteiger partial charge on any atom is -0.507 e. The van der Waals surface area contributed by atoms with Gasteiger partial charge in [0, 0.05) is 11.5 Å². The first-order chi connectivity index (χ1) is 13.3. The number of hydrogen-bond donors (Lipinski definition) is 2. The van der Waals surface area contributed by atoms with Crippen molar-refractivity contribution in [2.45, 2.75) is 13.8 Å². The Morgan fingerprint density at radius 2 is 1.93 bits per heavy atom. The fraction of sp³-hybridized carbons (Fsp3) is 0.158. The predicted molar refractivity (Wildman–Crippen MR) is 102 cm³/mol. The molecule has 0 fully saturated rings. The number of phenolic OH excluding ortho intramolecular Hbond substituents is 1. The quantitative estimate of drug-likeness (QED) is 0.395. The summed E-state index contributed by atoms with van der Waals surface area (Å²) in [7, 11) is 1.35. The van der Waals surface area contributed by atoms with Crippen molar-refractivity contribution < 1.29 is 24.0 Å². The van der Waals surface area contributed by atoms with E-state index in [4.69, 9.17) is 9.15 Å². The van der Waals surface area contributed by atoms with Crippen LogP contribution in [-0.2, 0) is 0 Å². The topological polar surface area (TPSA) is 127 Å². The Morgan fingerprint density at radius 1 is 1.25 bits per heavy atom. The molecule has 0 bridgehead atoms.